The van der Waals surface area contributed by atoms with Crippen LogP contribution in [0.1, 0.15) is 42.6 Å². The highest BCUT2D eigenvalue weighted by Gasteiger charge is 2.48. The fourth-order valence-electron chi connectivity index (χ4n) is 5.12. The quantitative estimate of drug-likeness (QED) is 0.519. The minimum Gasteiger partial charge on any atom is -0.481 e. The van der Waals surface area contributed by atoms with Gasteiger partial charge >= 0.3 is 0 Å². The van der Waals surface area contributed by atoms with E-state index in [-0.39, 0.29) is 23.7 Å². The molecule has 1 aliphatic carbocycles. The van der Waals surface area contributed by atoms with Crippen molar-refractivity contribution in [3.8, 4) is 17.7 Å². The molecule has 188 valence electrons. The number of hydrogen-bond acceptors (Lipinski definition) is 10. The summed E-state index contributed by atoms with van der Waals surface area (Å²) < 4.78 is 17.1. The molecule has 37 heavy (non-hydrogen) atoms. The highest BCUT2D eigenvalue weighted by Crippen LogP contribution is 2.45. The third-order valence-electron chi connectivity index (χ3n) is 7.35. The summed E-state index contributed by atoms with van der Waals surface area (Å²) in [4.78, 5) is 20.6. The number of hydrogen-bond donors (Lipinski definition) is 2. The van der Waals surface area contributed by atoms with Gasteiger partial charge in [0, 0.05) is 23.7 Å². The SMILES string of the molecule is COc1ccc2nnc(C#N)c(C=CC34CCC(NCc5ccc6c(n5)NC(=O)CO6)(CC3)CO4)c2n1. The molecule has 0 spiro atoms. The van der Waals surface area contributed by atoms with E-state index in [1.165, 1.54) is 0 Å². The van der Waals surface area contributed by atoms with E-state index in [1.807, 2.05) is 24.3 Å². The molecule has 3 aromatic rings. The van der Waals surface area contributed by atoms with Gasteiger partial charge in [0.15, 0.2) is 23.9 Å². The van der Waals surface area contributed by atoms with E-state index in [1.54, 1.807) is 19.2 Å². The van der Waals surface area contributed by atoms with Crippen LogP contribution in [-0.2, 0) is 16.1 Å². The third kappa shape index (κ3) is 4.34. The second-order valence-electron chi connectivity index (χ2n) is 9.60. The molecule has 2 saturated heterocycles. The predicted octanol–water partition coefficient (Wildman–Crippen LogP) is 2.52. The second-order valence-corrected chi connectivity index (χ2v) is 9.60. The molecule has 3 aliphatic heterocycles. The molecule has 11 heteroatoms. The Morgan fingerprint density at radius 1 is 1.19 bits per heavy atom. The number of nitriles is 1. The maximum Gasteiger partial charge on any atom is 0.263 e. The van der Waals surface area contributed by atoms with Crippen molar-refractivity contribution in [1.29, 1.82) is 5.26 Å². The van der Waals surface area contributed by atoms with E-state index in [2.05, 4.69) is 36.9 Å². The number of carbonyl (C=O) groups is 1. The van der Waals surface area contributed by atoms with Crippen molar-refractivity contribution in [2.75, 3.05) is 25.6 Å². The molecule has 11 nitrogen and oxygen atoms in total. The van der Waals surface area contributed by atoms with Crippen LogP contribution in [0, 0.1) is 11.3 Å². The largest absolute Gasteiger partial charge is 0.481 e. The minimum atomic E-state index is -0.406. The number of anilines is 1. The Kier molecular flexibility index (Phi) is 5.70. The Balaban J connectivity index is 1.16. The van der Waals surface area contributed by atoms with E-state index in [9.17, 15) is 10.1 Å². The topological polar surface area (TPSA) is 144 Å². The van der Waals surface area contributed by atoms with Crippen LogP contribution in [0.25, 0.3) is 17.1 Å². The van der Waals surface area contributed by atoms with Crippen LogP contribution >= 0.6 is 0 Å². The Morgan fingerprint density at radius 2 is 2.05 bits per heavy atom. The van der Waals surface area contributed by atoms with E-state index < -0.39 is 5.60 Å². The molecular formula is C26H25N7O4. The highest BCUT2D eigenvalue weighted by molar-refractivity contribution is 5.94. The van der Waals surface area contributed by atoms with Gasteiger partial charge in [0.05, 0.1) is 25.0 Å². The highest BCUT2D eigenvalue weighted by atomic mass is 16.5. The van der Waals surface area contributed by atoms with E-state index in [0.29, 0.717) is 47.2 Å². The lowest BCUT2D eigenvalue weighted by Gasteiger charge is -2.52. The van der Waals surface area contributed by atoms with Crippen LogP contribution in [-0.4, -0.2) is 57.5 Å². The van der Waals surface area contributed by atoms with Crippen LogP contribution in [0.15, 0.2) is 30.3 Å². The lowest BCUT2D eigenvalue weighted by atomic mass is 9.71. The molecular weight excluding hydrogens is 474 g/mol. The zero-order chi connectivity index (χ0) is 25.5. The van der Waals surface area contributed by atoms with Crippen molar-refractivity contribution in [3.63, 3.8) is 0 Å². The monoisotopic (exact) mass is 499 g/mol. The first-order valence-electron chi connectivity index (χ1n) is 12.1. The van der Waals surface area contributed by atoms with Crippen LogP contribution in [0.3, 0.4) is 0 Å². The second kappa shape index (κ2) is 9.06. The first-order valence-corrected chi connectivity index (χ1v) is 12.1. The van der Waals surface area contributed by atoms with Gasteiger partial charge in [0.2, 0.25) is 5.88 Å². The average molecular weight is 500 g/mol. The Morgan fingerprint density at radius 3 is 2.81 bits per heavy atom. The molecule has 2 bridgehead atoms. The summed E-state index contributed by atoms with van der Waals surface area (Å²) in [6, 6.07) is 9.36. The van der Waals surface area contributed by atoms with Gasteiger partial charge in [-0.2, -0.15) is 5.26 Å². The summed E-state index contributed by atoms with van der Waals surface area (Å²) in [6.07, 6.45) is 7.49. The molecule has 1 amide bonds. The van der Waals surface area contributed by atoms with Gasteiger partial charge in [-0.25, -0.2) is 9.97 Å². The van der Waals surface area contributed by atoms with Crippen LogP contribution in [0.5, 0.6) is 11.6 Å². The molecule has 0 radical (unpaired) electrons. The number of nitrogens with zero attached hydrogens (tertiary/aromatic N) is 5. The van der Waals surface area contributed by atoms with Crippen LogP contribution in [0.4, 0.5) is 5.82 Å². The van der Waals surface area contributed by atoms with E-state index >= 15 is 0 Å². The van der Waals surface area contributed by atoms with E-state index in [4.69, 9.17) is 14.2 Å². The number of fused-ring (bicyclic) bond motifs is 5. The van der Waals surface area contributed by atoms with Crippen molar-refractivity contribution in [2.24, 2.45) is 0 Å². The maximum atomic E-state index is 11.6. The summed E-state index contributed by atoms with van der Waals surface area (Å²) in [5, 5.41) is 24.2. The fraction of sp³-hybridized carbons (Fsp3) is 0.385. The van der Waals surface area contributed by atoms with Gasteiger partial charge < -0.3 is 24.8 Å². The summed E-state index contributed by atoms with van der Waals surface area (Å²) in [7, 11) is 1.55. The predicted molar refractivity (Wildman–Crippen MR) is 133 cm³/mol. The molecule has 2 N–H and O–H groups in total. The maximum absolute atomic E-state index is 11.6. The lowest BCUT2D eigenvalue weighted by Crippen LogP contribution is -2.60. The smallest absolute Gasteiger partial charge is 0.263 e. The van der Waals surface area contributed by atoms with Gasteiger partial charge in [-0.1, -0.05) is 12.2 Å². The number of aromatic nitrogens is 4. The van der Waals surface area contributed by atoms with Crippen molar-refractivity contribution < 1.29 is 19.0 Å². The summed E-state index contributed by atoms with van der Waals surface area (Å²) >= 11 is 0. The summed E-state index contributed by atoms with van der Waals surface area (Å²) in [5.41, 5.74) is 2.27. The standard InChI is InChI=1S/C26H25N7O4/c1-35-22-5-3-18-23(31-22)17(19(12-27)33-32-18)6-7-26-10-8-25(9-11-26,15-37-26)28-13-16-2-4-20-24(29-16)30-21(34)14-36-20/h2-7,28H,8-11,13-15H2,1H3,(H,29,30,34). The number of methoxy groups -OCH3 is 1. The Bertz CT molecular complexity index is 1440. The fourth-order valence-corrected chi connectivity index (χ4v) is 5.12. The van der Waals surface area contributed by atoms with Crippen molar-refractivity contribution in [1.82, 2.24) is 25.5 Å². The van der Waals surface area contributed by atoms with Crippen molar-refractivity contribution in [3.05, 3.63) is 47.3 Å². The first-order chi connectivity index (χ1) is 18.0. The summed E-state index contributed by atoms with van der Waals surface area (Å²) in [5.74, 6) is 1.29. The number of pyridine rings is 2. The number of ether oxygens (including phenoxy) is 3. The Labute approximate surface area is 212 Å². The molecule has 0 aromatic carbocycles. The van der Waals surface area contributed by atoms with Gasteiger partial charge in [-0.05, 0) is 43.9 Å². The molecule has 7 rings (SSSR count). The zero-order valence-electron chi connectivity index (χ0n) is 20.3. The number of amides is 1. The van der Waals surface area contributed by atoms with Crippen LogP contribution in [0.2, 0.25) is 0 Å². The number of nitrogens with one attached hydrogen (secondary N) is 2. The van der Waals surface area contributed by atoms with Gasteiger partial charge in [0.25, 0.3) is 5.91 Å². The third-order valence-corrected chi connectivity index (χ3v) is 7.35. The lowest BCUT2D eigenvalue weighted by molar-refractivity contribution is -0.134. The van der Waals surface area contributed by atoms with Gasteiger partial charge in [-0.15, -0.1) is 10.2 Å². The molecule has 1 saturated carbocycles. The normalized spacial score (nSPS) is 24.4. The molecule has 4 aliphatic rings. The number of carbonyl (C=O) groups excluding carboxylic acids is 1. The molecule has 6 heterocycles. The molecule has 0 atom stereocenters. The van der Waals surface area contributed by atoms with E-state index in [0.717, 1.165) is 31.4 Å². The molecule has 3 aromatic heterocycles. The average Bonchev–Trinajstić information content (AvgIpc) is 2.95. The van der Waals surface area contributed by atoms with Gasteiger partial charge in [0.1, 0.15) is 17.1 Å². The van der Waals surface area contributed by atoms with Gasteiger partial charge in [-0.3, -0.25) is 4.79 Å². The summed E-state index contributed by atoms with van der Waals surface area (Å²) in [6.45, 7) is 1.14. The molecule has 3 fully saturated rings. The zero-order valence-corrected chi connectivity index (χ0v) is 20.3. The molecule has 0 unspecified atom stereocenters. The first kappa shape index (κ1) is 23.3. The Hall–Kier alpha value is -4.14. The minimum absolute atomic E-state index is 0.0132. The van der Waals surface area contributed by atoms with Crippen molar-refractivity contribution in [2.45, 2.75) is 43.4 Å². The van der Waals surface area contributed by atoms with Crippen LogP contribution < -0.4 is 20.1 Å². The number of rotatable bonds is 6. The van der Waals surface area contributed by atoms with Crippen molar-refractivity contribution >= 4 is 28.8 Å².